The molecule has 3 nitrogen and oxygen atoms in total. The molecule has 0 fully saturated rings. The lowest BCUT2D eigenvalue weighted by atomic mass is 10.2. The van der Waals surface area contributed by atoms with E-state index in [0.717, 1.165) is 0 Å². The number of benzene rings is 1. The van der Waals surface area contributed by atoms with Crippen molar-refractivity contribution in [1.29, 1.82) is 5.26 Å². The molecule has 0 saturated carbocycles. The van der Waals surface area contributed by atoms with Gasteiger partial charge in [0.15, 0.2) is 5.75 Å². The number of nitrogens with zero attached hydrogens (tertiary/aromatic N) is 1. The number of thioether (sulfide) groups is 1. The third kappa shape index (κ3) is 3.12. The lowest BCUT2D eigenvalue weighted by Gasteiger charge is -2.11. The molecule has 0 heterocycles. The summed E-state index contributed by atoms with van der Waals surface area (Å²) in [6.45, 7) is 0.764. The van der Waals surface area contributed by atoms with Crippen molar-refractivity contribution in [3.05, 3.63) is 23.5 Å². The molecule has 0 radical (unpaired) electrons. The minimum Gasteiger partial charge on any atom is -0.489 e. The van der Waals surface area contributed by atoms with Crippen molar-refractivity contribution in [3.8, 4) is 11.8 Å². The fourth-order valence-electron chi connectivity index (χ4n) is 1.18. The number of halogens is 1. The van der Waals surface area contributed by atoms with E-state index in [2.05, 4.69) is 0 Å². The van der Waals surface area contributed by atoms with E-state index in [0.29, 0.717) is 23.9 Å². The summed E-state index contributed by atoms with van der Waals surface area (Å²) in [6.07, 6.45) is 1.80. The second-order valence-electron chi connectivity index (χ2n) is 2.94. The van der Waals surface area contributed by atoms with Crippen molar-refractivity contribution in [2.75, 3.05) is 26.6 Å². The lowest BCUT2D eigenvalue weighted by molar-refractivity contribution is 0.144. The van der Waals surface area contributed by atoms with Gasteiger partial charge in [0.2, 0.25) is 0 Å². The van der Waals surface area contributed by atoms with E-state index in [4.69, 9.17) is 14.7 Å². The zero-order valence-corrected chi connectivity index (χ0v) is 9.94. The zero-order valence-electron chi connectivity index (χ0n) is 9.12. The Morgan fingerprint density at radius 2 is 2.19 bits per heavy atom. The molecule has 0 aliphatic rings. The largest absolute Gasteiger partial charge is 0.489 e. The van der Waals surface area contributed by atoms with Crippen LogP contribution in [0.15, 0.2) is 17.0 Å². The smallest absolute Gasteiger partial charge is 0.150 e. The normalized spacial score (nSPS) is 9.88. The highest BCUT2D eigenvalue weighted by atomic mass is 32.2. The molecule has 0 spiro atoms. The molecule has 0 bridgehead atoms. The first kappa shape index (κ1) is 12.8. The van der Waals surface area contributed by atoms with Crippen LogP contribution in [-0.4, -0.2) is 26.6 Å². The fourth-order valence-corrected chi connectivity index (χ4v) is 1.76. The van der Waals surface area contributed by atoms with Gasteiger partial charge in [0.05, 0.1) is 17.1 Å². The molecule has 1 rings (SSSR count). The first-order chi connectivity index (χ1) is 7.72. The molecule has 0 aromatic heterocycles. The Balaban J connectivity index is 2.99. The summed E-state index contributed by atoms with van der Waals surface area (Å²) in [5, 5.41) is 8.88. The van der Waals surface area contributed by atoms with Crippen LogP contribution in [0.25, 0.3) is 0 Å². The highest BCUT2D eigenvalue weighted by Crippen LogP contribution is 2.32. The van der Waals surface area contributed by atoms with Gasteiger partial charge in [0.1, 0.15) is 18.5 Å². The first-order valence-corrected chi connectivity index (χ1v) is 5.84. The Bertz CT molecular complexity index is 404. The topological polar surface area (TPSA) is 42.2 Å². The number of rotatable bonds is 5. The summed E-state index contributed by atoms with van der Waals surface area (Å²) >= 11 is 1.34. The van der Waals surface area contributed by atoms with Crippen LogP contribution in [0.3, 0.4) is 0 Å². The maximum Gasteiger partial charge on any atom is 0.150 e. The van der Waals surface area contributed by atoms with Crippen LogP contribution in [0.4, 0.5) is 4.39 Å². The van der Waals surface area contributed by atoms with E-state index in [1.165, 1.54) is 23.9 Å². The molecule has 16 heavy (non-hydrogen) atoms. The predicted molar refractivity (Wildman–Crippen MR) is 60.3 cm³/mol. The molecular formula is C11H12FNO2S. The predicted octanol–water partition coefficient (Wildman–Crippen LogP) is 2.44. The minimum atomic E-state index is -0.431. The number of methoxy groups -OCH3 is 1. The molecule has 0 amide bonds. The van der Waals surface area contributed by atoms with Crippen molar-refractivity contribution >= 4 is 11.8 Å². The summed E-state index contributed by atoms with van der Waals surface area (Å²) in [7, 11) is 1.56. The molecule has 1 aromatic rings. The van der Waals surface area contributed by atoms with Crippen molar-refractivity contribution in [3.63, 3.8) is 0 Å². The number of hydrogen-bond donors (Lipinski definition) is 0. The Morgan fingerprint density at radius 3 is 2.75 bits per heavy atom. The van der Waals surface area contributed by atoms with E-state index in [1.807, 2.05) is 6.07 Å². The average molecular weight is 241 g/mol. The van der Waals surface area contributed by atoms with Crippen LogP contribution in [0.1, 0.15) is 5.56 Å². The molecule has 86 valence electrons. The molecular weight excluding hydrogens is 229 g/mol. The van der Waals surface area contributed by atoms with Gasteiger partial charge in [-0.25, -0.2) is 4.39 Å². The average Bonchev–Trinajstić information content (AvgIpc) is 2.30. The van der Waals surface area contributed by atoms with Crippen LogP contribution in [-0.2, 0) is 4.74 Å². The number of hydrogen-bond acceptors (Lipinski definition) is 4. The Morgan fingerprint density at radius 1 is 1.44 bits per heavy atom. The Labute approximate surface area is 98.2 Å². The maximum absolute atomic E-state index is 13.1. The molecule has 0 atom stereocenters. The van der Waals surface area contributed by atoms with E-state index < -0.39 is 5.82 Å². The summed E-state index contributed by atoms with van der Waals surface area (Å²) < 4.78 is 23.4. The van der Waals surface area contributed by atoms with Crippen LogP contribution in [0.2, 0.25) is 0 Å². The SMILES string of the molecule is COCCOc1c(C#N)cc(F)cc1SC. The standard InChI is InChI=1S/C11H12FNO2S/c1-14-3-4-15-11-8(7-13)5-9(12)6-10(11)16-2/h5-6H,3-4H2,1-2H3. The monoisotopic (exact) mass is 241 g/mol. The van der Waals surface area contributed by atoms with Gasteiger partial charge < -0.3 is 9.47 Å². The van der Waals surface area contributed by atoms with Crippen LogP contribution >= 0.6 is 11.8 Å². The molecule has 5 heteroatoms. The second-order valence-corrected chi connectivity index (χ2v) is 3.79. The second kappa shape index (κ2) is 6.36. The van der Waals surface area contributed by atoms with E-state index >= 15 is 0 Å². The molecule has 0 unspecified atom stereocenters. The quantitative estimate of drug-likeness (QED) is 0.586. The summed E-state index contributed by atoms with van der Waals surface area (Å²) in [5.74, 6) is -0.00607. The van der Waals surface area contributed by atoms with Crippen LogP contribution in [0.5, 0.6) is 5.75 Å². The van der Waals surface area contributed by atoms with Crippen molar-refractivity contribution < 1.29 is 13.9 Å². The van der Waals surface area contributed by atoms with Gasteiger partial charge in [0, 0.05) is 7.11 Å². The van der Waals surface area contributed by atoms with Crippen molar-refractivity contribution in [1.82, 2.24) is 0 Å². The fraction of sp³-hybridized carbons (Fsp3) is 0.364. The van der Waals surface area contributed by atoms with Gasteiger partial charge in [-0.3, -0.25) is 0 Å². The molecule has 1 aromatic carbocycles. The molecule has 0 aliphatic heterocycles. The van der Waals surface area contributed by atoms with E-state index in [9.17, 15) is 4.39 Å². The minimum absolute atomic E-state index is 0.209. The lowest BCUT2D eigenvalue weighted by Crippen LogP contribution is -2.06. The Kier molecular flexibility index (Phi) is 5.09. The summed E-state index contributed by atoms with van der Waals surface area (Å²) in [5.41, 5.74) is 0.209. The van der Waals surface area contributed by atoms with Crippen LogP contribution < -0.4 is 4.74 Å². The third-order valence-electron chi connectivity index (χ3n) is 1.89. The van der Waals surface area contributed by atoms with E-state index in [-0.39, 0.29) is 5.56 Å². The molecule has 0 aliphatic carbocycles. The van der Waals surface area contributed by atoms with Gasteiger partial charge >= 0.3 is 0 Å². The first-order valence-electron chi connectivity index (χ1n) is 4.62. The molecule has 0 N–H and O–H groups in total. The van der Waals surface area contributed by atoms with Gasteiger partial charge in [-0.2, -0.15) is 5.26 Å². The number of ether oxygens (including phenoxy) is 2. The third-order valence-corrected chi connectivity index (χ3v) is 2.64. The Hall–Kier alpha value is -1.25. The summed E-state index contributed by atoms with van der Waals surface area (Å²) in [4.78, 5) is 0.618. The number of nitriles is 1. The highest BCUT2D eigenvalue weighted by molar-refractivity contribution is 7.98. The van der Waals surface area contributed by atoms with Gasteiger partial charge in [-0.05, 0) is 18.4 Å². The summed E-state index contributed by atoms with van der Waals surface area (Å²) in [6, 6.07) is 4.44. The highest BCUT2D eigenvalue weighted by Gasteiger charge is 2.11. The van der Waals surface area contributed by atoms with Gasteiger partial charge in [-0.15, -0.1) is 11.8 Å². The van der Waals surface area contributed by atoms with Crippen molar-refractivity contribution in [2.45, 2.75) is 4.90 Å². The van der Waals surface area contributed by atoms with Gasteiger partial charge in [0.25, 0.3) is 0 Å². The van der Waals surface area contributed by atoms with E-state index in [1.54, 1.807) is 13.4 Å². The van der Waals surface area contributed by atoms with Gasteiger partial charge in [-0.1, -0.05) is 0 Å². The maximum atomic E-state index is 13.1. The molecule has 0 saturated heterocycles. The van der Waals surface area contributed by atoms with Crippen molar-refractivity contribution in [2.24, 2.45) is 0 Å². The zero-order chi connectivity index (χ0) is 12.0. The van der Waals surface area contributed by atoms with Crippen LogP contribution in [0, 0.1) is 17.1 Å².